The SMILES string of the molecule is C=C1/C(=C\C=C2/CCC[C@]3(C)C([C@@H](C)CC#CC(C)(C)O)=CC[C@@H]23)C[C@@H](O)C[C@@H]1O. The summed E-state index contributed by atoms with van der Waals surface area (Å²) in [6.07, 6.45) is 11.9. The Morgan fingerprint density at radius 3 is 2.77 bits per heavy atom. The molecule has 0 bridgehead atoms. The van der Waals surface area contributed by atoms with Crippen LogP contribution in [-0.2, 0) is 0 Å². The second-order valence-corrected chi connectivity index (χ2v) is 10.3. The Labute approximate surface area is 182 Å². The van der Waals surface area contributed by atoms with E-state index < -0.39 is 17.8 Å². The molecule has 0 aliphatic heterocycles. The number of allylic oxidation sites excluding steroid dienone is 5. The zero-order chi connectivity index (χ0) is 22.1. The number of aliphatic hydroxyl groups is 3. The van der Waals surface area contributed by atoms with Crippen molar-refractivity contribution in [2.45, 2.75) is 90.4 Å². The maximum atomic E-state index is 10.1. The molecule has 0 heterocycles. The van der Waals surface area contributed by atoms with Crippen molar-refractivity contribution in [2.24, 2.45) is 17.3 Å². The third-order valence-corrected chi connectivity index (χ3v) is 7.21. The molecule has 3 aliphatic carbocycles. The highest BCUT2D eigenvalue weighted by molar-refractivity contribution is 5.40. The topological polar surface area (TPSA) is 60.7 Å². The Bertz CT molecular complexity index is 826. The Hall–Kier alpha value is -1.60. The molecular formula is C27H38O3. The van der Waals surface area contributed by atoms with E-state index in [2.05, 4.69) is 50.5 Å². The zero-order valence-corrected chi connectivity index (χ0v) is 19.0. The lowest BCUT2D eigenvalue weighted by molar-refractivity contribution is 0.0862. The molecule has 3 nitrogen and oxygen atoms in total. The molecule has 164 valence electrons. The summed E-state index contributed by atoms with van der Waals surface area (Å²) in [7, 11) is 0. The van der Waals surface area contributed by atoms with Gasteiger partial charge in [0.15, 0.2) is 0 Å². The highest BCUT2D eigenvalue weighted by atomic mass is 16.3. The normalized spacial score (nSPS) is 35.6. The highest BCUT2D eigenvalue weighted by Crippen LogP contribution is 2.56. The van der Waals surface area contributed by atoms with Crippen LogP contribution in [0.15, 0.2) is 47.1 Å². The average molecular weight is 411 g/mol. The molecule has 0 saturated heterocycles. The fourth-order valence-corrected chi connectivity index (χ4v) is 5.61. The standard InChI is InChI=1S/C27H38O3/c1-18(8-6-14-26(3,4)30)23-12-13-24-20(9-7-15-27(23,24)5)10-11-21-16-22(28)17-25(29)19(21)2/h10-12,18,22,24-25,28-30H,2,7-9,13,15-17H2,1,3-5H3/b20-10+,21-11-/t18-,22+,24-,25-,27+/m0/s1. The van der Waals surface area contributed by atoms with E-state index in [1.54, 1.807) is 13.8 Å². The Balaban J connectivity index is 1.76. The summed E-state index contributed by atoms with van der Waals surface area (Å²) in [5.41, 5.74) is 3.95. The fraction of sp³-hybridized carbons (Fsp3) is 0.630. The first-order chi connectivity index (χ1) is 14.0. The van der Waals surface area contributed by atoms with Crippen molar-refractivity contribution in [1.82, 2.24) is 0 Å². The van der Waals surface area contributed by atoms with Gasteiger partial charge in [0.1, 0.15) is 5.60 Å². The van der Waals surface area contributed by atoms with Gasteiger partial charge in [0.2, 0.25) is 0 Å². The molecule has 2 saturated carbocycles. The minimum atomic E-state index is -0.936. The lowest BCUT2D eigenvalue weighted by Gasteiger charge is -2.42. The number of aliphatic hydroxyl groups excluding tert-OH is 2. The highest BCUT2D eigenvalue weighted by Gasteiger charge is 2.45. The summed E-state index contributed by atoms with van der Waals surface area (Å²) in [5.74, 6) is 7.03. The summed E-state index contributed by atoms with van der Waals surface area (Å²) >= 11 is 0. The largest absolute Gasteiger partial charge is 0.393 e. The summed E-state index contributed by atoms with van der Waals surface area (Å²) in [4.78, 5) is 0. The van der Waals surface area contributed by atoms with Crippen LogP contribution in [0.3, 0.4) is 0 Å². The van der Waals surface area contributed by atoms with Gasteiger partial charge >= 0.3 is 0 Å². The van der Waals surface area contributed by atoms with E-state index in [1.807, 2.05) is 0 Å². The first-order valence-corrected chi connectivity index (χ1v) is 11.4. The summed E-state index contributed by atoms with van der Waals surface area (Å²) < 4.78 is 0. The Kier molecular flexibility index (Phi) is 6.82. The van der Waals surface area contributed by atoms with Crippen LogP contribution in [0, 0.1) is 29.1 Å². The van der Waals surface area contributed by atoms with Crippen molar-refractivity contribution in [2.75, 3.05) is 0 Å². The molecule has 0 aromatic carbocycles. The molecule has 5 atom stereocenters. The predicted molar refractivity (Wildman–Crippen MR) is 123 cm³/mol. The molecule has 0 spiro atoms. The van der Waals surface area contributed by atoms with Crippen molar-refractivity contribution in [3.05, 3.63) is 47.1 Å². The van der Waals surface area contributed by atoms with Crippen molar-refractivity contribution in [1.29, 1.82) is 0 Å². The van der Waals surface area contributed by atoms with Crippen LogP contribution in [0.25, 0.3) is 0 Å². The minimum Gasteiger partial charge on any atom is -0.393 e. The van der Waals surface area contributed by atoms with Crippen LogP contribution in [0.1, 0.15) is 72.6 Å². The van der Waals surface area contributed by atoms with Gasteiger partial charge in [-0.05, 0) is 74.3 Å². The van der Waals surface area contributed by atoms with E-state index in [-0.39, 0.29) is 5.41 Å². The lowest BCUT2D eigenvalue weighted by Crippen LogP contribution is -2.32. The molecule has 0 radical (unpaired) electrons. The molecule has 30 heavy (non-hydrogen) atoms. The number of rotatable bonds is 3. The van der Waals surface area contributed by atoms with Crippen molar-refractivity contribution in [3.63, 3.8) is 0 Å². The molecule has 3 aliphatic rings. The van der Waals surface area contributed by atoms with E-state index in [9.17, 15) is 15.3 Å². The smallest absolute Gasteiger partial charge is 0.119 e. The van der Waals surface area contributed by atoms with E-state index in [1.165, 1.54) is 24.0 Å². The van der Waals surface area contributed by atoms with Gasteiger partial charge in [-0.3, -0.25) is 0 Å². The molecule has 0 amide bonds. The van der Waals surface area contributed by atoms with Gasteiger partial charge in [-0.15, -0.1) is 0 Å². The van der Waals surface area contributed by atoms with Gasteiger partial charge in [0.25, 0.3) is 0 Å². The van der Waals surface area contributed by atoms with Crippen molar-refractivity contribution in [3.8, 4) is 11.8 Å². The maximum Gasteiger partial charge on any atom is 0.119 e. The van der Waals surface area contributed by atoms with Gasteiger partial charge < -0.3 is 15.3 Å². The van der Waals surface area contributed by atoms with Gasteiger partial charge in [0.05, 0.1) is 12.2 Å². The molecule has 0 aromatic rings. The zero-order valence-electron chi connectivity index (χ0n) is 19.0. The lowest BCUT2D eigenvalue weighted by atomic mass is 9.62. The quantitative estimate of drug-likeness (QED) is 0.460. The minimum absolute atomic E-state index is 0.168. The van der Waals surface area contributed by atoms with Crippen LogP contribution >= 0.6 is 0 Å². The Morgan fingerprint density at radius 1 is 1.33 bits per heavy atom. The number of fused-ring (bicyclic) bond motifs is 1. The second-order valence-electron chi connectivity index (χ2n) is 10.3. The summed E-state index contributed by atoms with van der Waals surface area (Å²) in [6, 6.07) is 0. The molecular weight excluding hydrogens is 372 g/mol. The van der Waals surface area contributed by atoms with Crippen LogP contribution < -0.4 is 0 Å². The van der Waals surface area contributed by atoms with E-state index in [0.29, 0.717) is 24.7 Å². The average Bonchev–Trinajstić information content (AvgIpc) is 3.00. The number of hydrogen-bond donors (Lipinski definition) is 3. The van der Waals surface area contributed by atoms with Crippen molar-refractivity contribution >= 4 is 0 Å². The van der Waals surface area contributed by atoms with Gasteiger partial charge in [-0.25, -0.2) is 0 Å². The van der Waals surface area contributed by atoms with Crippen molar-refractivity contribution < 1.29 is 15.3 Å². The van der Waals surface area contributed by atoms with E-state index in [4.69, 9.17) is 0 Å². The second kappa shape index (κ2) is 8.87. The first-order valence-electron chi connectivity index (χ1n) is 11.4. The van der Waals surface area contributed by atoms with Crippen LogP contribution in [0.4, 0.5) is 0 Å². The van der Waals surface area contributed by atoms with Crippen LogP contribution in [0.2, 0.25) is 0 Å². The summed E-state index contributed by atoms with van der Waals surface area (Å²) in [5, 5.41) is 30.0. The molecule has 2 fully saturated rings. The van der Waals surface area contributed by atoms with Gasteiger partial charge in [-0.2, -0.15) is 0 Å². The predicted octanol–water partition coefficient (Wildman–Crippen LogP) is 4.85. The van der Waals surface area contributed by atoms with E-state index >= 15 is 0 Å². The molecule has 3 rings (SSSR count). The number of hydrogen-bond acceptors (Lipinski definition) is 3. The van der Waals surface area contributed by atoms with Gasteiger partial charge in [-0.1, -0.05) is 61.6 Å². The molecule has 3 N–H and O–H groups in total. The van der Waals surface area contributed by atoms with Crippen LogP contribution in [0.5, 0.6) is 0 Å². The third-order valence-electron chi connectivity index (χ3n) is 7.21. The Morgan fingerprint density at radius 2 is 2.07 bits per heavy atom. The molecule has 0 unspecified atom stereocenters. The molecule has 3 heteroatoms. The molecule has 0 aromatic heterocycles. The fourth-order valence-electron chi connectivity index (χ4n) is 5.61. The first kappa shape index (κ1) is 23.1. The van der Waals surface area contributed by atoms with Gasteiger partial charge in [0, 0.05) is 12.8 Å². The monoisotopic (exact) mass is 410 g/mol. The van der Waals surface area contributed by atoms with Crippen LogP contribution in [-0.4, -0.2) is 33.1 Å². The summed E-state index contributed by atoms with van der Waals surface area (Å²) in [6.45, 7) is 12.1. The third kappa shape index (κ3) is 4.99. The maximum absolute atomic E-state index is 10.1. The van der Waals surface area contributed by atoms with E-state index in [0.717, 1.165) is 30.4 Å².